The zero-order valence-corrected chi connectivity index (χ0v) is 11.8. The quantitative estimate of drug-likeness (QED) is 0.874. The van der Waals surface area contributed by atoms with E-state index >= 15 is 0 Å². The van der Waals surface area contributed by atoms with Crippen LogP contribution in [-0.4, -0.2) is 30.5 Å². The number of benzene rings is 1. The van der Waals surface area contributed by atoms with E-state index in [0.717, 1.165) is 12.2 Å². The summed E-state index contributed by atoms with van der Waals surface area (Å²) in [6.45, 7) is 3.72. The van der Waals surface area contributed by atoms with Crippen molar-refractivity contribution in [3.63, 3.8) is 0 Å². The summed E-state index contributed by atoms with van der Waals surface area (Å²) in [6.07, 6.45) is 3.14. The number of ketones is 1. The summed E-state index contributed by atoms with van der Waals surface area (Å²) in [6, 6.07) is 7.21. The molecule has 1 aliphatic rings. The number of nitrogens with one attached hydrogen (secondary N) is 1. The molecule has 5 heteroatoms. The molecule has 1 aromatic carbocycles. The third-order valence-electron chi connectivity index (χ3n) is 3.21. The lowest BCUT2D eigenvalue weighted by Crippen LogP contribution is -2.20. The summed E-state index contributed by atoms with van der Waals surface area (Å²) >= 11 is 0. The number of pyridine rings is 1. The molecular formula is C16H16N2O3. The third-order valence-corrected chi connectivity index (χ3v) is 3.21. The molecule has 0 saturated carbocycles. The highest BCUT2D eigenvalue weighted by Gasteiger charge is 2.20. The summed E-state index contributed by atoms with van der Waals surface area (Å²) in [5, 5.41) is 3.22. The van der Waals surface area contributed by atoms with E-state index in [1.165, 1.54) is 0 Å². The number of anilines is 1. The Morgan fingerprint density at radius 2 is 2.33 bits per heavy atom. The number of aromatic nitrogens is 1. The molecule has 108 valence electrons. The van der Waals surface area contributed by atoms with E-state index in [1.54, 1.807) is 24.5 Å². The molecule has 0 aliphatic carbocycles. The minimum atomic E-state index is -0.121. The normalized spacial score (nSPS) is 12.8. The van der Waals surface area contributed by atoms with E-state index in [0.29, 0.717) is 35.8 Å². The van der Waals surface area contributed by atoms with Crippen LogP contribution >= 0.6 is 0 Å². The summed E-state index contributed by atoms with van der Waals surface area (Å²) in [4.78, 5) is 16.7. The maximum atomic E-state index is 12.7. The number of carbonyl (C=O) groups excluding carboxylic acids is 1. The van der Waals surface area contributed by atoms with Crippen molar-refractivity contribution >= 4 is 11.5 Å². The molecule has 0 fully saturated rings. The Bertz CT molecular complexity index is 670. The number of para-hydroxylation sites is 1. The van der Waals surface area contributed by atoms with Crippen LogP contribution in [0.1, 0.15) is 22.8 Å². The summed E-state index contributed by atoms with van der Waals surface area (Å²) < 4.78 is 11.0. The Kier molecular flexibility index (Phi) is 3.73. The van der Waals surface area contributed by atoms with Crippen LogP contribution in [0.25, 0.3) is 0 Å². The van der Waals surface area contributed by atoms with Gasteiger partial charge in [0, 0.05) is 18.3 Å². The van der Waals surface area contributed by atoms with Gasteiger partial charge in [-0.15, -0.1) is 0 Å². The van der Waals surface area contributed by atoms with Gasteiger partial charge in [0.25, 0.3) is 0 Å². The first kappa shape index (κ1) is 13.4. The van der Waals surface area contributed by atoms with Crippen molar-refractivity contribution in [3.05, 3.63) is 47.8 Å². The highest BCUT2D eigenvalue weighted by atomic mass is 16.5. The number of ether oxygens (including phenoxy) is 2. The van der Waals surface area contributed by atoms with Gasteiger partial charge in [-0.3, -0.25) is 9.78 Å². The zero-order valence-electron chi connectivity index (χ0n) is 11.8. The van der Waals surface area contributed by atoms with Crippen LogP contribution in [-0.2, 0) is 0 Å². The largest absolute Gasteiger partial charge is 0.492 e. The van der Waals surface area contributed by atoms with Crippen molar-refractivity contribution in [1.82, 2.24) is 4.98 Å². The van der Waals surface area contributed by atoms with Gasteiger partial charge in [0.1, 0.15) is 12.4 Å². The van der Waals surface area contributed by atoms with Gasteiger partial charge in [-0.05, 0) is 25.1 Å². The van der Waals surface area contributed by atoms with Crippen LogP contribution in [0, 0.1) is 0 Å². The first-order valence-corrected chi connectivity index (χ1v) is 6.92. The first-order chi connectivity index (χ1) is 10.3. The van der Waals surface area contributed by atoms with Gasteiger partial charge >= 0.3 is 0 Å². The van der Waals surface area contributed by atoms with Gasteiger partial charge < -0.3 is 14.8 Å². The number of nitrogens with zero attached hydrogens (tertiary/aromatic N) is 1. The maximum Gasteiger partial charge on any atom is 0.198 e. The fourth-order valence-corrected chi connectivity index (χ4v) is 2.29. The molecule has 0 amide bonds. The van der Waals surface area contributed by atoms with E-state index < -0.39 is 0 Å². The molecule has 0 bridgehead atoms. The second-order valence-corrected chi connectivity index (χ2v) is 4.63. The Morgan fingerprint density at radius 3 is 3.19 bits per heavy atom. The predicted octanol–water partition coefficient (Wildman–Crippen LogP) is 2.52. The number of carbonyl (C=O) groups is 1. The second kappa shape index (κ2) is 5.83. The van der Waals surface area contributed by atoms with Crippen molar-refractivity contribution in [3.8, 4) is 11.5 Å². The minimum absolute atomic E-state index is 0.121. The third kappa shape index (κ3) is 2.67. The van der Waals surface area contributed by atoms with Gasteiger partial charge in [0.2, 0.25) is 0 Å². The highest BCUT2D eigenvalue weighted by Crippen LogP contribution is 2.32. The zero-order chi connectivity index (χ0) is 14.7. The second-order valence-electron chi connectivity index (χ2n) is 4.63. The molecule has 0 spiro atoms. The van der Waals surface area contributed by atoms with Crippen molar-refractivity contribution in [2.24, 2.45) is 0 Å². The lowest BCUT2D eigenvalue weighted by atomic mass is 10.0. The molecule has 0 radical (unpaired) electrons. The molecule has 1 N–H and O–H groups in total. The summed E-state index contributed by atoms with van der Waals surface area (Å²) in [5.41, 5.74) is 1.87. The summed E-state index contributed by atoms with van der Waals surface area (Å²) in [5.74, 6) is 1.08. The minimum Gasteiger partial charge on any atom is -0.492 e. The molecule has 5 nitrogen and oxygen atoms in total. The SMILES string of the molecule is CCOc1cncc(C(=O)c2cccc3c2OCCN3)c1. The van der Waals surface area contributed by atoms with E-state index in [-0.39, 0.29) is 5.78 Å². The molecule has 2 heterocycles. The molecule has 21 heavy (non-hydrogen) atoms. The predicted molar refractivity (Wildman–Crippen MR) is 79.3 cm³/mol. The fourth-order valence-electron chi connectivity index (χ4n) is 2.29. The molecule has 0 unspecified atom stereocenters. The van der Waals surface area contributed by atoms with Crippen LogP contribution in [0.2, 0.25) is 0 Å². The molecular weight excluding hydrogens is 268 g/mol. The van der Waals surface area contributed by atoms with Crippen LogP contribution in [0.4, 0.5) is 5.69 Å². The molecule has 1 aromatic heterocycles. The number of hydrogen-bond acceptors (Lipinski definition) is 5. The molecule has 1 aliphatic heterocycles. The van der Waals surface area contributed by atoms with Gasteiger partial charge in [-0.2, -0.15) is 0 Å². The average molecular weight is 284 g/mol. The Hall–Kier alpha value is -2.56. The first-order valence-electron chi connectivity index (χ1n) is 6.92. The van der Waals surface area contributed by atoms with Crippen LogP contribution in [0.15, 0.2) is 36.7 Å². The number of fused-ring (bicyclic) bond motifs is 1. The number of hydrogen-bond donors (Lipinski definition) is 1. The Balaban J connectivity index is 1.97. The smallest absolute Gasteiger partial charge is 0.198 e. The maximum absolute atomic E-state index is 12.7. The fraction of sp³-hybridized carbons (Fsp3) is 0.250. The molecule has 0 saturated heterocycles. The van der Waals surface area contributed by atoms with Crippen LogP contribution in [0.5, 0.6) is 11.5 Å². The standard InChI is InChI=1S/C16H16N2O3/c1-2-20-12-8-11(9-17-10-12)15(19)13-4-3-5-14-16(13)21-7-6-18-14/h3-5,8-10,18H,2,6-7H2,1H3. The van der Waals surface area contributed by atoms with E-state index in [9.17, 15) is 4.79 Å². The van der Waals surface area contributed by atoms with E-state index in [4.69, 9.17) is 9.47 Å². The van der Waals surface area contributed by atoms with Crippen LogP contribution in [0.3, 0.4) is 0 Å². The molecule has 2 aromatic rings. The monoisotopic (exact) mass is 284 g/mol. The highest BCUT2D eigenvalue weighted by molar-refractivity contribution is 6.11. The lowest BCUT2D eigenvalue weighted by molar-refractivity contribution is 0.103. The van der Waals surface area contributed by atoms with Crippen molar-refractivity contribution in [2.45, 2.75) is 6.92 Å². The van der Waals surface area contributed by atoms with Crippen LogP contribution < -0.4 is 14.8 Å². The lowest BCUT2D eigenvalue weighted by Gasteiger charge is -2.21. The Labute approximate surface area is 122 Å². The number of rotatable bonds is 4. The van der Waals surface area contributed by atoms with Gasteiger partial charge in [-0.1, -0.05) is 6.07 Å². The van der Waals surface area contributed by atoms with Crippen molar-refractivity contribution in [1.29, 1.82) is 0 Å². The average Bonchev–Trinajstić information content (AvgIpc) is 2.54. The van der Waals surface area contributed by atoms with Gasteiger partial charge in [-0.25, -0.2) is 0 Å². The van der Waals surface area contributed by atoms with E-state index in [1.807, 2.05) is 19.1 Å². The van der Waals surface area contributed by atoms with Gasteiger partial charge in [0.05, 0.1) is 24.1 Å². The topological polar surface area (TPSA) is 60.5 Å². The van der Waals surface area contributed by atoms with Crippen molar-refractivity contribution in [2.75, 3.05) is 25.1 Å². The van der Waals surface area contributed by atoms with E-state index in [2.05, 4.69) is 10.3 Å². The molecule has 3 rings (SSSR count). The van der Waals surface area contributed by atoms with Crippen molar-refractivity contribution < 1.29 is 14.3 Å². The Morgan fingerprint density at radius 1 is 1.43 bits per heavy atom. The summed E-state index contributed by atoms with van der Waals surface area (Å²) in [7, 11) is 0. The molecule has 0 atom stereocenters. The van der Waals surface area contributed by atoms with Gasteiger partial charge in [0.15, 0.2) is 11.5 Å².